The van der Waals surface area contributed by atoms with E-state index in [-0.39, 0.29) is 4.99 Å². The Labute approximate surface area is 96.5 Å². The lowest BCUT2D eigenvalue weighted by molar-refractivity contribution is -0.177. The molecule has 0 radical (unpaired) electrons. The van der Waals surface area contributed by atoms with E-state index in [9.17, 15) is 18.0 Å². The number of likely N-dealkylation sites (N-methyl/N-ethyl adjacent to an activating group) is 1. The van der Waals surface area contributed by atoms with Gasteiger partial charge in [-0.25, -0.2) is 0 Å². The number of thiocarbonyl (C=S) groups is 1. The van der Waals surface area contributed by atoms with Crippen molar-refractivity contribution in [2.75, 3.05) is 20.3 Å². The first-order valence-corrected chi connectivity index (χ1v) is 4.75. The quantitative estimate of drug-likeness (QED) is 0.737. The minimum Gasteiger partial charge on any atom is -0.392 e. The maximum absolute atomic E-state index is 11.7. The van der Waals surface area contributed by atoms with Crippen molar-refractivity contribution in [1.29, 1.82) is 0 Å². The van der Waals surface area contributed by atoms with Gasteiger partial charge in [-0.3, -0.25) is 4.79 Å². The van der Waals surface area contributed by atoms with Gasteiger partial charge in [0.25, 0.3) is 0 Å². The van der Waals surface area contributed by atoms with Gasteiger partial charge in [-0.1, -0.05) is 12.2 Å². The number of amides is 1. The largest absolute Gasteiger partial charge is 0.411 e. The Hall–Kier alpha value is -0.890. The fraction of sp³-hybridized carbons (Fsp3) is 0.750. The highest BCUT2D eigenvalue weighted by Gasteiger charge is 2.28. The lowest BCUT2D eigenvalue weighted by Crippen LogP contribution is -2.44. The van der Waals surface area contributed by atoms with Crippen LogP contribution in [0.3, 0.4) is 0 Å². The van der Waals surface area contributed by atoms with Crippen molar-refractivity contribution >= 4 is 23.1 Å². The smallest absolute Gasteiger partial charge is 0.392 e. The monoisotopic (exact) mass is 258 g/mol. The molecule has 1 atom stereocenters. The minimum absolute atomic E-state index is 0.0895. The highest BCUT2D eigenvalue weighted by Crippen LogP contribution is 2.14. The number of hydrogen-bond acceptors (Lipinski definition) is 3. The predicted molar refractivity (Wildman–Crippen MR) is 55.9 cm³/mol. The average molecular weight is 258 g/mol. The molecular formula is C8H13F3N2O2S. The SMILES string of the molecule is CC(C(N)=S)N(C)C(=O)COCC(F)(F)F. The molecule has 1 amide bonds. The Morgan fingerprint density at radius 3 is 2.44 bits per heavy atom. The van der Waals surface area contributed by atoms with E-state index >= 15 is 0 Å². The van der Waals surface area contributed by atoms with E-state index < -0.39 is 31.3 Å². The van der Waals surface area contributed by atoms with Crippen LogP contribution in [-0.4, -0.2) is 48.3 Å². The van der Waals surface area contributed by atoms with Crippen LogP contribution in [0.25, 0.3) is 0 Å². The Morgan fingerprint density at radius 2 is 2.06 bits per heavy atom. The van der Waals surface area contributed by atoms with E-state index in [2.05, 4.69) is 17.0 Å². The first-order chi connectivity index (χ1) is 7.15. The van der Waals surface area contributed by atoms with Crippen molar-refractivity contribution in [2.24, 2.45) is 5.73 Å². The van der Waals surface area contributed by atoms with Crippen molar-refractivity contribution in [3.05, 3.63) is 0 Å². The molecule has 4 nitrogen and oxygen atoms in total. The molecule has 8 heteroatoms. The molecule has 0 bridgehead atoms. The normalized spacial score (nSPS) is 13.3. The summed E-state index contributed by atoms with van der Waals surface area (Å²) in [6.45, 7) is -0.527. The number of hydrogen-bond donors (Lipinski definition) is 1. The highest BCUT2D eigenvalue weighted by atomic mass is 32.1. The van der Waals surface area contributed by atoms with E-state index in [0.717, 1.165) is 4.90 Å². The van der Waals surface area contributed by atoms with E-state index in [0.29, 0.717) is 0 Å². The molecule has 0 rings (SSSR count). The molecule has 2 N–H and O–H groups in total. The van der Waals surface area contributed by atoms with Crippen LogP contribution in [0.5, 0.6) is 0 Å². The fourth-order valence-electron chi connectivity index (χ4n) is 0.763. The summed E-state index contributed by atoms with van der Waals surface area (Å²) in [6.07, 6.45) is -4.44. The molecule has 0 spiro atoms. The van der Waals surface area contributed by atoms with Gasteiger partial charge in [-0.2, -0.15) is 13.2 Å². The second-order valence-corrected chi connectivity index (χ2v) is 3.66. The van der Waals surface area contributed by atoms with E-state index in [1.165, 1.54) is 7.05 Å². The molecule has 0 aliphatic rings. The molecule has 0 saturated heterocycles. The van der Waals surface area contributed by atoms with Crippen molar-refractivity contribution in [3.63, 3.8) is 0 Å². The van der Waals surface area contributed by atoms with Gasteiger partial charge >= 0.3 is 6.18 Å². The number of rotatable bonds is 5. The van der Waals surface area contributed by atoms with Gasteiger partial charge in [0.1, 0.15) is 13.2 Å². The number of ether oxygens (including phenoxy) is 1. The van der Waals surface area contributed by atoms with Crippen LogP contribution in [0.1, 0.15) is 6.92 Å². The van der Waals surface area contributed by atoms with Crippen LogP contribution in [0.4, 0.5) is 13.2 Å². The van der Waals surface area contributed by atoms with Gasteiger partial charge in [0.2, 0.25) is 5.91 Å². The zero-order valence-corrected chi connectivity index (χ0v) is 9.69. The van der Waals surface area contributed by atoms with Crippen molar-refractivity contribution in [3.8, 4) is 0 Å². The molecule has 1 unspecified atom stereocenters. The summed E-state index contributed by atoms with van der Waals surface area (Å²) in [6, 6.07) is -0.517. The molecule has 0 aromatic rings. The molecule has 0 fully saturated rings. The Morgan fingerprint density at radius 1 is 1.56 bits per heavy atom. The molecule has 94 valence electrons. The number of alkyl halides is 3. The van der Waals surface area contributed by atoms with Crippen LogP contribution in [0.15, 0.2) is 0 Å². The molecule has 16 heavy (non-hydrogen) atoms. The van der Waals surface area contributed by atoms with Crippen molar-refractivity contribution < 1.29 is 22.7 Å². The molecule has 0 aromatic carbocycles. The summed E-state index contributed by atoms with van der Waals surface area (Å²) < 4.78 is 39.3. The topological polar surface area (TPSA) is 55.6 Å². The molecule has 0 aromatic heterocycles. The molecule has 0 heterocycles. The van der Waals surface area contributed by atoms with Crippen LogP contribution in [-0.2, 0) is 9.53 Å². The predicted octanol–water partition coefficient (Wildman–Crippen LogP) is 0.698. The summed E-state index contributed by atoms with van der Waals surface area (Å²) in [5, 5.41) is 0. The lowest BCUT2D eigenvalue weighted by Gasteiger charge is -2.23. The summed E-state index contributed by atoms with van der Waals surface area (Å²) in [5.74, 6) is -0.607. The zero-order chi connectivity index (χ0) is 12.9. The van der Waals surface area contributed by atoms with Gasteiger partial charge in [0.05, 0.1) is 11.0 Å². The van der Waals surface area contributed by atoms with E-state index in [4.69, 9.17) is 5.73 Å². The van der Waals surface area contributed by atoms with Crippen LogP contribution in [0, 0.1) is 0 Å². The second kappa shape index (κ2) is 6.00. The molecule has 0 aliphatic heterocycles. The third kappa shape index (κ3) is 5.86. The van der Waals surface area contributed by atoms with Crippen molar-refractivity contribution in [1.82, 2.24) is 4.90 Å². The Bertz CT molecular complexity index is 270. The van der Waals surface area contributed by atoms with Gasteiger partial charge in [-0.15, -0.1) is 0 Å². The Balaban J connectivity index is 4.03. The maximum atomic E-state index is 11.7. The van der Waals surface area contributed by atoms with E-state index in [1.807, 2.05) is 0 Å². The van der Waals surface area contributed by atoms with Crippen LogP contribution < -0.4 is 5.73 Å². The number of nitrogens with zero attached hydrogens (tertiary/aromatic N) is 1. The third-order valence-corrected chi connectivity index (χ3v) is 2.22. The van der Waals surface area contributed by atoms with Gasteiger partial charge < -0.3 is 15.4 Å². The van der Waals surface area contributed by atoms with Crippen LogP contribution in [0.2, 0.25) is 0 Å². The number of carbonyl (C=O) groups excluding carboxylic acids is 1. The average Bonchev–Trinajstić information content (AvgIpc) is 2.13. The number of halogens is 3. The zero-order valence-electron chi connectivity index (χ0n) is 8.87. The first-order valence-electron chi connectivity index (χ1n) is 4.34. The second-order valence-electron chi connectivity index (χ2n) is 3.19. The number of carbonyl (C=O) groups is 1. The summed E-state index contributed by atoms with van der Waals surface area (Å²) >= 11 is 4.65. The fourth-order valence-corrected chi connectivity index (χ4v) is 0.921. The Kier molecular flexibility index (Phi) is 5.66. The van der Waals surface area contributed by atoms with Gasteiger partial charge in [0.15, 0.2) is 0 Å². The third-order valence-electron chi connectivity index (χ3n) is 1.88. The maximum Gasteiger partial charge on any atom is 0.411 e. The summed E-state index contributed by atoms with van der Waals surface area (Å²) in [5.41, 5.74) is 5.29. The van der Waals surface area contributed by atoms with Gasteiger partial charge in [0, 0.05) is 7.05 Å². The van der Waals surface area contributed by atoms with Crippen molar-refractivity contribution in [2.45, 2.75) is 19.1 Å². The number of nitrogens with two attached hydrogens (primary N) is 1. The molecule has 0 aliphatic carbocycles. The molecular weight excluding hydrogens is 245 g/mol. The van der Waals surface area contributed by atoms with Gasteiger partial charge in [-0.05, 0) is 6.92 Å². The standard InChI is InChI=1S/C8H13F3N2O2S/c1-5(7(12)16)13(2)6(14)3-15-4-8(9,10)11/h5H,3-4H2,1-2H3,(H2,12,16). The summed E-state index contributed by atoms with van der Waals surface area (Å²) in [4.78, 5) is 12.5. The van der Waals surface area contributed by atoms with Crippen LogP contribution >= 0.6 is 12.2 Å². The molecule has 0 saturated carbocycles. The first kappa shape index (κ1) is 15.1. The highest BCUT2D eigenvalue weighted by molar-refractivity contribution is 7.80. The lowest BCUT2D eigenvalue weighted by atomic mass is 10.3. The minimum atomic E-state index is -4.44. The van der Waals surface area contributed by atoms with E-state index in [1.54, 1.807) is 6.92 Å². The summed E-state index contributed by atoms with van der Waals surface area (Å²) in [7, 11) is 1.39.